The van der Waals surface area contributed by atoms with Gasteiger partial charge in [-0.3, -0.25) is 4.79 Å². The Balaban J connectivity index is 1.65. The van der Waals surface area contributed by atoms with Crippen LogP contribution in [0.3, 0.4) is 0 Å². The maximum atomic E-state index is 12.8. The van der Waals surface area contributed by atoms with Crippen molar-refractivity contribution in [3.8, 4) is 22.6 Å². The number of hydrogen-bond acceptors (Lipinski definition) is 6. The SMILES string of the molecule is Cc1cc(-n2[nH]nc(N=Nc3cccc(-c4cccc(C(=O)O)c4)c3O)c2=O)ccc1C(C)C. The van der Waals surface area contributed by atoms with E-state index in [0.29, 0.717) is 22.7 Å². The number of carboxylic acid groups (broad SMARTS) is 1. The number of aryl methyl sites for hydroxylation is 1. The van der Waals surface area contributed by atoms with Gasteiger partial charge in [0.2, 0.25) is 0 Å². The van der Waals surface area contributed by atoms with Crippen molar-refractivity contribution in [2.75, 3.05) is 0 Å². The summed E-state index contributed by atoms with van der Waals surface area (Å²) in [6, 6.07) is 16.7. The Bertz CT molecular complexity index is 1470. The molecule has 0 atom stereocenters. The number of para-hydroxylation sites is 1. The Morgan fingerprint density at radius 2 is 1.82 bits per heavy atom. The lowest BCUT2D eigenvalue weighted by atomic mass is 9.98. The summed E-state index contributed by atoms with van der Waals surface area (Å²) in [5.41, 5.74) is 3.51. The molecular formula is C25H23N5O4. The van der Waals surface area contributed by atoms with Crippen molar-refractivity contribution < 1.29 is 15.0 Å². The van der Waals surface area contributed by atoms with E-state index in [1.165, 1.54) is 28.4 Å². The molecular weight excluding hydrogens is 434 g/mol. The third kappa shape index (κ3) is 4.36. The van der Waals surface area contributed by atoms with Crippen molar-refractivity contribution in [3.63, 3.8) is 0 Å². The summed E-state index contributed by atoms with van der Waals surface area (Å²) < 4.78 is 1.28. The molecule has 0 saturated carbocycles. The summed E-state index contributed by atoms with van der Waals surface area (Å²) in [4.78, 5) is 24.1. The molecule has 0 radical (unpaired) electrons. The van der Waals surface area contributed by atoms with Crippen LogP contribution in [0, 0.1) is 6.92 Å². The van der Waals surface area contributed by atoms with Crippen LogP contribution < -0.4 is 5.56 Å². The summed E-state index contributed by atoms with van der Waals surface area (Å²) in [7, 11) is 0. The number of aromatic carboxylic acids is 1. The molecule has 9 heteroatoms. The van der Waals surface area contributed by atoms with Gasteiger partial charge in [-0.1, -0.05) is 44.2 Å². The maximum Gasteiger partial charge on any atom is 0.335 e. The number of aromatic hydroxyl groups is 1. The van der Waals surface area contributed by atoms with Crippen molar-refractivity contribution >= 4 is 17.5 Å². The fourth-order valence-corrected chi connectivity index (χ4v) is 3.74. The van der Waals surface area contributed by atoms with Gasteiger partial charge in [-0.15, -0.1) is 15.3 Å². The van der Waals surface area contributed by atoms with Crippen LogP contribution in [0.5, 0.6) is 5.75 Å². The number of carboxylic acids is 1. The van der Waals surface area contributed by atoms with Gasteiger partial charge < -0.3 is 10.2 Å². The second-order valence-electron chi connectivity index (χ2n) is 8.13. The van der Waals surface area contributed by atoms with Crippen LogP contribution in [0.15, 0.2) is 75.7 Å². The molecule has 0 saturated heterocycles. The first-order chi connectivity index (χ1) is 16.3. The molecule has 0 aliphatic rings. The molecule has 0 unspecified atom stereocenters. The number of benzene rings is 3. The molecule has 0 amide bonds. The number of carbonyl (C=O) groups is 1. The average molecular weight is 457 g/mol. The zero-order valence-corrected chi connectivity index (χ0v) is 18.9. The Morgan fingerprint density at radius 1 is 1.06 bits per heavy atom. The number of hydrogen-bond donors (Lipinski definition) is 3. The lowest BCUT2D eigenvalue weighted by molar-refractivity contribution is 0.0697. The minimum atomic E-state index is -1.07. The topological polar surface area (TPSA) is 133 Å². The van der Waals surface area contributed by atoms with Gasteiger partial charge >= 0.3 is 11.5 Å². The minimum Gasteiger partial charge on any atom is -0.505 e. The highest BCUT2D eigenvalue weighted by atomic mass is 16.4. The van der Waals surface area contributed by atoms with Gasteiger partial charge in [0.1, 0.15) is 5.69 Å². The Kier molecular flexibility index (Phi) is 6.09. The van der Waals surface area contributed by atoms with Crippen LogP contribution in [0.1, 0.15) is 41.3 Å². The van der Waals surface area contributed by atoms with Gasteiger partial charge in [-0.05, 0) is 59.9 Å². The molecule has 0 fully saturated rings. The van der Waals surface area contributed by atoms with E-state index in [0.717, 1.165) is 5.56 Å². The van der Waals surface area contributed by atoms with E-state index in [4.69, 9.17) is 0 Å². The Morgan fingerprint density at radius 3 is 2.53 bits per heavy atom. The van der Waals surface area contributed by atoms with Gasteiger partial charge in [-0.2, -0.15) is 0 Å². The molecule has 172 valence electrons. The number of aromatic nitrogens is 3. The highest BCUT2D eigenvalue weighted by molar-refractivity contribution is 5.90. The normalized spacial score (nSPS) is 11.4. The molecule has 4 aromatic rings. The molecule has 0 aliphatic heterocycles. The van der Waals surface area contributed by atoms with E-state index in [2.05, 4.69) is 34.4 Å². The minimum absolute atomic E-state index is 0.0951. The molecule has 1 heterocycles. The summed E-state index contributed by atoms with van der Waals surface area (Å²) in [6.07, 6.45) is 0. The van der Waals surface area contributed by atoms with Gasteiger partial charge in [0.25, 0.3) is 5.82 Å². The van der Waals surface area contributed by atoms with Crippen LogP contribution in [0.2, 0.25) is 0 Å². The van der Waals surface area contributed by atoms with Gasteiger partial charge in [0, 0.05) is 5.56 Å². The predicted molar refractivity (Wildman–Crippen MR) is 128 cm³/mol. The van der Waals surface area contributed by atoms with E-state index < -0.39 is 11.5 Å². The molecule has 1 aromatic heterocycles. The van der Waals surface area contributed by atoms with E-state index in [1.54, 1.807) is 24.3 Å². The number of nitrogens with zero attached hydrogens (tertiary/aromatic N) is 4. The lowest BCUT2D eigenvalue weighted by Crippen LogP contribution is -2.14. The molecule has 3 aromatic carbocycles. The van der Waals surface area contributed by atoms with Crippen LogP contribution in [0.4, 0.5) is 11.5 Å². The largest absolute Gasteiger partial charge is 0.505 e. The second kappa shape index (κ2) is 9.14. The summed E-state index contributed by atoms with van der Waals surface area (Å²) in [5.74, 6) is -1.05. The first-order valence-corrected chi connectivity index (χ1v) is 10.6. The highest BCUT2D eigenvalue weighted by Gasteiger charge is 2.14. The van der Waals surface area contributed by atoms with Crippen molar-refractivity contribution in [1.29, 1.82) is 0 Å². The highest BCUT2D eigenvalue weighted by Crippen LogP contribution is 2.37. The molecule has 34 heavy (non-hydrogen) atoms. The standard InChI is InChI=1S/C25H23N5O4/c1-14(2)19-11-10-18(12-15(19)3)30-24(32)23(28-29-30)27-26-21-9-5-8-20(22(21)31)16-6-4-7-17(13-16)25(33)34/h4-14,29,31H,1-3H3,(H,33,34). The third-order valence-corrected chi connectivity index (χ3v) is 5.47. The van der Waals surface area contributed by atoms with Crippen molar-refractivity contribution in [2.24, 2.45) is 10.2 Å². The van der Waals surface area contributed by atoms with Crippen LogP contribution in [0.25, 0.3) is 16.8 Å². The Labute approximate surface area is 195 Å². The zero-order valence-electron chi connectivity index (χ0n) is 18.9. The number of azo groups is 1. The number of H-pyrrole nitrogens is 1. The summed E-state index contributed by atoms with van der Waals surface area (Å²) >= 11 is 0. The van der Waals surface area contributed by atoms with Crippen molar-refractivity contribution in [3.05, 3.63) is 87.7 Å². The van der Waals surface area contributed by atoms with E-state index in [9.17, 15) is 19.8 Å². The first-order valence-electron chi connectivity index (χ1n) is 10.6. The van der Waals surface area contributed by atoms with Crippen molar-refractivity contribution in [2.45, 2.75) is 26.7 Å². The lowest BCUT2D eigenvalue weighted by Gasteiger charge is -2.11. The van der Waals surface area contributed by atoms with Crippen LogP contribution in [-0.4, -0.2) is 31.2 Å². The van der Waals surface area contributed by atoms with E-state index in [1.807, 2.05) is 25.1 Å². The molecule has 3 N–H and O–H groups in total. The predicted octanol–water partition coefficient (Wildman–Crippen LogP) is 5.48. The van der Waals surface area contributed by atoms with Gasteiger partial charge in [0.15, 0.2) is 5.75 Å². The third-order valence-electron chi connectivity index (χ3n) is 5.47. The van der Waals surface area contributed by atoms with Crippen LogP contribution >= 0.6 is 0 Å². The smallest absolute Gasteiger partial charge is 0.335 e. The number of phenolic OH excluding ortho intramolecular Hbond substituents is 1. The monoisotopic (exact) mass is 457 g/mol. The molecule has 0 bridgehead atoms. The Hall–Kier alpha value is -4.53. The second-order valence-corrected chi connectivity index (χ2v) is 8.13. The molecule has 0 spiro atoms. The first kappa shape index (κ1) is 22.7. The van der Waals surface area contributed by atoms with Gasteiger partial charge in [0.05, 0.1) is 11.3 Å². The van der Waals surface area contributed by atoms with E-state index in [-0.39, 0.29) is 22.8 Å². The van der Waals surface area contributed by atoms with Crippen molar-refractivity contribution in [1.82, 2.24) is 15.0 Å². The summed E-state index contributed by atoms with van der Waals surface area (Å²) in [6.45, 7) is 6.20. The number of rotatable bonds is 6. The quantitative estimate of drug-likeness (QED) is 0.330. The zero-order chi connectivity index (χ0) is 24.4. The number of aromatic amines is 1. The molecule has 9 nitrogen and oxygen atoms in total. The molecule has 0 aliphatic carbocycles. The van der Waals surface area contributed by atoms with E-state index >= 15 is 0 Å². The molecule has 4 rings (SSSR count). The maximum absolute atomic E-state index is 12.8. The fraction of sp³-hybridized carbons (Fsp3) is 0.160. The summed E-state index contributed by atoms with van der Waals surface area (Å²) in [5, 5.41) is 34.4. The number of nitrogens with one attached hydrogen (secondary N) is 1. The van der Waals surface area contributed by atoms with Crippen LogP contribution in [-0.2, 0) is 0 Å². The number of phenols is 1. The van der Waals surface area contributed by atoms with Gasteiger partial charge in [-0.25, -0.2) is 14.7 Å². The average Bonchev–Trinajstić information content (AvgIpc) is 3.18. The fourth-order valence-electron chi connectivity index (χ4n) is 3.74.